The molecule has 2 amide bonds. The molecule has 242 valence electrons. The number of hydrogen-bond acceptors (Lipinski definition) is 8. The van der Waals surface area contributed by atoms with Crippen molar-refractivity contribution in [2.75, 3.05) is 49.1 Å². The van der Waals surface area contributed by atoms with E-state index in [1.165, 1.54) is 10.4 Å². The van der Waals surface area contributed by atoms with Gasteiger partial charge in [0.1, 0.15) is 5.60 Å². The van der Waals surface area contributed by atoms with Gasteiger partial charge in [-0.05, 0) is 75.1 Å². The number of ether oxygens (including phenoxy) is 1. The lowest BCUT2D eigenvalue weighted by atomic mass is 10.1. The number of fused-ring (bicyclic) bond motifs is 1. The fraction of sp³-hybridized carbons (Fsp3) is 0.433. The summed E-state index contributed by atoms with van der Waals surface area (Å²) in [6.07, 6.45) is -4.04. The van der Waals surface area contributed by atoms with E-state index in [0.717, 1.165) is 27.8 Å². The van der Waals surface area contributed by atoms with E-state index >= 15 is 0 Å². The molecule has 0 atom stereocenters. The Morgan fingerprint density at radius 1 is 1.02 bits per heavy atom. The maximum atomic E-state index is 13.5. The summed E-state index contributed by atoms with van der Waals surface area (Å²) in [4.78, 5) is 32.5. The largest absolute Gasteiger partial charge is 0.444 e. The van der Waals surface area contributed by atoms with E-state index in [9.17, 15) is 31.2 Å². The molecule has 2 aliphatic heterocycles. The molecule has 1 N–H and O–H groups in total. The lowest BCUT2D eigenvalue weighted by molar-refractivity contribution is -0.140. The minimum atomic E-state index is -4.53. The Kier molecular flexibility index (Phi) is 9.16. The number of benzene rings is 2. The van der Waals surface area contributed by atoms with Crippen LogP contribution in [0.5, 0.6) is 0 Å². The lowest BCUT2D eigenvalue weighted by Gasteiger charge is -2.33. The van der Waals surface area contributed by atoms with Gasteiger partial charge in [0.2, 0.25) is 10.0 Å². The van der Waals surface area contributed by atoms with Crippen LogP contribution in [0.25, 0.3) is 0 Å². The first-order valence-corrected chi connectivity index (χ1v) is 16.7. The highest BCUT2D eigenvalue weighted by Gasteiger charge is 2.36. The van der Waals surface area contributed by atoms with Crippen molar-refractivity contribution in [3.05, 3.63) is 70.2 Å². The van der Waals surface area contributed by atoms with Crippen molar-refractivity contribution in [2.45, 2.75) is 50.3 Å². The van der Waals surface area contributed by atoms with Gasteiger partial charge in [-0.2, -0.15) is 17.5 Å². The number of piperazine rings is 1. The standard InChI is InChI=1S/C30H34F3N5O5S2/c1-29(2,3)43-28(40)34-11-9-20-5-4-6-22(17-20)26(39)38-12-10-21-18-23(7-8-24(21)38)45(41,42)37-15-13-36(14-16-37)27-35-25(19-44-27)30(31,32)33/h4-8,17-19H,9-16H2,1-3H3,(H,34,40). The number of thiazole rings is 1. The van der Waals surface area contributed by atoms with Crippen molar-refractivity contribution in [3.8, 4) is 0 Å². The number of carbonyl (C=O) groups is 2. The summed E-state index contributed by atoms with van der Waals surface area (Å²) in [5.74, 6) is -0.210. The molecule has 3 aromatic rings. The highest BCUT2D eigenvalue weighted by Crippen LogP contribution is 2.35. The first kappa shape index (κ1) is 32.7. The van der Waals surface area contributed by atoms with Gasteiger partial charge in [-0.1, -0.05) is 12.1 Å². The second-order valence-corrected chi connectivity index (χ2v) is 14.6. The van der Waals surface area contributed by atoms with Crippen molar-refractivity contribution in [2.24, 2.45) is 0 Å². The van der Waals surface area contributed by atoms with E-state index < -0.39 is 33.6 Å². The number of alkyl halides is 3. The molecule has 0 radical (unpaired) electrons. The normalized spacial score (nSPS) is 16.0. The Morgan fingerprint density at radius 2 is 1.76 bits per heavy atom. The number of nitrogens with zero attached hydrogens (tertiary/aromatic N) is 4. The predicted octanol–water partition coefficient (Wildman–Crippen LogP) is 4.94. The third-order valence-electron chi connectivity index (χ3n) is 7.38. The number of halogens is 3. The monoisotopic (exact) mass is 665 g/mol. The van der Waals surface area contributed by atoms with E-state index in [1.807, 2.05) is 6.07 Å². The second kappa shape index (κ2) is 12.6. The molecule has 5 rings (SSSR count). The molecule has 10 nitrogen and oxygen atoms in total. The summed E-state index contributed by atoms with van der Waals surface area (Å²) >= 11 is 0.884. The van der Waals surface area contributed by atoms with Crippen LogP contribution in [0.1, 0.15) is 48.0 Å². The van der Waals surface area contributed by atoms with Crippen LogP contribution in [0, 0.1) is 0 Å². The Hall–Kier alpha value is -3.69. The molecule has 2 aliphatic rings. The summed E-state index contributed by atoms with van der Waals surface area (Å²) in [6.45, 7) is 6.74. The van der Waals surface area contributed by atoms with Crippen molar-refractivity contribution < 1.29 is 35.9 Å². The van der Waals surface area contributed by atoms with E-state index in [-0.39, 0.29) is 42.1 Å². The van der Waals surface area contributed by atoms with E-state index in [4.69, 9.17) is 4.74 Å². The Morgan fingerprint density at radius 3 is 2.42 bits per heavy atom. The number of anilines is 2. The topological polar surface area (TPSA) is 112 Å². The van der Waals surface area contributed by atoms with Crippen LogP contribution in [-0.2, 0) is 33.8 Å². The zero-order valence-electron chi connectivity index (χ0n) is 25.1. The number of carbonyl (C=O) groups excluding carboxylic acids is 2. The smallest absolute Gasteiger partial charge is 0.434 e. The molecule has 2 aromatic carbocycles. The molecular weight excluding hydrogens is 631 g/mol. The number of aromatic nitrogens is 1. The highest BCUT2D eigenvalue weighted by molar-refractivity contribution is 7.89. The van der Waals surface area contributed by atoms with Gasteiger partial charge in [0.25, 0.3) is 5.91 Å². The molecule has 1 fully saturated rings. The molecule has 0 aliphatic carbocycles. The zero-order valence-corrected chi connectivity index (χ0v) is 26.7. The quantitative estimate of drug-likeness (QED) is 0.381. The van der Waals surface area contributed by atoms with Crippen LogP contribution in [0.2, 0.25) is 0 Å². The maximum Gasteiger partial charge on any atom is 0.434 e. The molecular formula is C30H34F3N5O5S2. The van der Waals surface area contributed by atoms with Gasteiger partial charge in [0, 0.05) is 55.9 Å². The lowest BCUT2D eigenvalue weighted by Crippen LogP contribution is -2.48. The molecule has 0 saturated carbocycles. The van der Waals surface area contributed by atoms with Crippen molar-refractivity contribution in [3.63, 3.8) is 0 Å². The Bertz CT molecular complexity index is 1680. The second-order valence-electron chi connectivity index (χ2n) is 11.8. The van der Waals surface area contributed by atoms with Crippen LogP contribution in [0.15, 0.2) is 52.7 Å². The van der Waals surface area contributed by atoms with Crippen LogP contribution >= 0.6 is 11.3 Å². The number of sulfonamides is 1. The van der Waals surface area contributed by atoms with Gasteiger partial charge in [0.05, 0.1) is 4.90 Å². The molecule has 45 heavy (non-hydrogen) atoms. The number of rotatable bonds is 7. The number of alkyl carbamates (subject to hydrolysis) is 1. The number of amides is 2. The van der Waals surface area contributed by atoms with Gasteiger partial charge in [-0.25, -0.2) is 18.2 Å². The van der Waals surface area contributed by atoms with Gasteiger partial charge in [-0.15, -0.1) is 11.3 Å². The molecule has 3 heterocycles. The van der Waals surface area contributed by atoms with Crippen LogP contribution in [-0.4, -0.2) is 74.6 Å². The average molecular weight is 666 g/mol. The maximum absolute atomic E-state index is 13.5. The Balaban J connectivity index is 1.21. The third-order valence-corrected chi connectivity index (χ3v) is 10.2. The van der Waals surface area contributed by atoms with Crippen LogP contribution in [0.4, 0.5) is 28.8 Å². The van der Waals surface area contributed by atoms with E-state index in [2.05, 4.69) is 10.3 Å². The predicted molar refractivity (Wildman–Crippen MR) is 164 cm³/mol. The first-order chi connectivity index (χ1) is 21.1. The molecule has 1 saturated heterocycles. The van der Waals surface area contributed by atoms with E-state index in [1.54, 1.807) is 60.9 Å². The zero-order chi connectivity index (χ0) is 32.6. The first-order valence-electron chi connectivity index (χ1n) is 14.4. The summed E-state index contributed by atoms with van der Waals surface area (Å²) in [6, 6.07) is 11.9. The van der Waals surface area contributed by atoms with Crippen molar-refractivity contribution >= 4 is 44.2 Å². The summed E-state index contributed by atoms with van der Waals surface area (Å²) in [5, 5.41) is 3.88. The number of nitrogens with one attached hydrogen (secondary N) is 1. The van der Waals surface area contributed by atoms with Gasteiger partial charge in [-0.3, -0.25) is 4.79 Å². The van der Waals surface area contributed by atoms with Gasteiger partial charge >= 0.3 is 12.3 Å². The fourth-order valence-corrected chi connectivity index (χ4v) is 7.56. The van der Waals surface area contributed by atoms with Crippen LogP contribution < -0.4 is 15.1 Å². The van der Waals surface area contributed by atoms with Gasteiger partial charge < -0.3 is 19.9 Å². The average Bonchev–Trinajstić information content (AvgIpc) is 3.64. The fourth-order valence-electron chi connectivity index (χ4n) is 5.20. The Labute approximate surface area is 263 Å². The van der Waals surface area contributed by atoms with Crippen LogP contribution in [0.3, 0.4) is 0 Å². The minimum absolute atomic E-state index is 0.106. The summed E-state index contributed by atoms with van der Waals surface area (Å²) in [7, 11) is -3.86. The number of hydrogen-bond donors (Lipinski definition) is 1. The summed E-state index contributed by atoms with van der Waals surface area (Å²) < 4.78 is 72.3. The highest BCUT2D eigenvalue weighted by atomic mass is 32.2. The summed E-state index contributed by atoms with van der Waals surface area (Å²) in [5.41, 5.74) is 1.18. The third kappa shape index (κ3) is 7.59. The molecule has 0 spiro atoms. The minimum Gasteiger partial charge on any atom is -0.444 e. The van der Waals surface area contributed by atoms with Crippen molar-refractivity contribution in [1.29, 1.82) is 0 Å². The van der Waals surface area contributed by atoms with E-state index in [0.29, 0.717) is 37.2 Å². The van der Waals surface area contributed by atoms with Gasteiger partial charge in [0.15, 0.2) is 10.8 Å². The SMILES string of the molecule is CC(C)(C)OC(=O)NCCc1cccc(C(=O)N2CCc3cc(S(=O)(=O)N4CCN(c5nc(C(F)(F)F)cs5)CC4)ccc32)c1. The molecule has 0 unspecified atom stereocenters. The van der Waals surface area contributed by atoms with Crippen molar-refractivity contribution in [1.82, 2.24) is 14.6 Å². The molecule has 1 aromatic heterocycles. The molecule has 15 heteroatoms. The molecule has 0 bridgehead atoms.